The smallest absolute Gasteiger partial charge is 0.325 e. The van der Waals surface area contributed by atoms with Crippen LogP contribution in [0.4, 0.5) is 5.69 Å². The largest absolute Gasteiger partial charge is 0.464 e. The number of carbonyl (C=O) groups is 1. The highest BCUT2D eigenvalue weighted by Gasteiger charge is 2.04. The van der Waals surface area contributed by atoms with Gasteiger partial charge in [0.15, 0.2) is 0 Å². The number of benzene rings is 1. The molecule has 1 rings (SSSR count). The second-order valence-electron chi connectivity index (χ2n) is 3.89. The number of esters is 1. The molecule has 94 valence electrons. The van der Waals surface area contributed by atoms with E-state index in [9.17, 15) is 4.79 Å². The number of rotatable bonds is 6. The summed E-state index contributed by atoms with van der Waals surface area (Å²) in [5.41, 5.74) is 2.06. The number of hydrogen-bond donors (Lipinski definition) is 1. The maximum Gasteiger partial charge on any atom is 0.325 e. The van der Waals surface area contributed by atoms with E-state index in [1.807, 2.05) is 25.1 Å². The third-order valence-corrected chi connectivity index (χ3v) is 2.87. The molecule has 0 aliphatic rings. The van der Waals surface area contributed by atoms with E-state index in [4.69, 9.17) is 4.74 Å². The van der Waals surface area contributed by atoms with Crippen LogP contribution in [0.3, 0.4) is 0 Å². The van der Waals surface area contributed by atoms with Crippen LogP contribution in [0, 0.1) is 6.92 Å². The van der Waals surface area contributed by atoms with Gasteiger partial charge in [-0.2, -0.15) is 0 Å². The Labute approximate surface area is 111 Å². The highest BCUT2D eigenvalue weighted by molar-refractivity contribution is 9.10. The first-order chi connectivity index (χ1) is 8.13. The van der Waals surface area contributed by atoms with Gasteiger partial charge in [0, 0.05) is 10.2 Å². The Morgan fingerprint density at radius 2 is 2.24 bits per heavy atom. The molecule has 0 saturated carbocycles. The zero-order valence-corrected chi connectivity index (χ0v) is 11.8. The number of anilines is 1. The molecule has 0 radical (unpaired) electrons. The minimum Gasteiger partial charge on any atom is -0.464 e. The number of nitrogens with one attached hydrogen (secondary N) is 1. The molecule has 17 heavy (non-hydrogen) atoms. The monoisotopic (exact) mass is 299 g/mol. The molecule has 0 aromatic heterocycles. The molecular formula is C13H18BrNO2. The van der Waals surface area contributed by atoms with Gasteiger partial charge in [-0.1, -0.05) is 29.3 Å². The van der Waals surface area contributed by atoms with Gasteiger partial charge in [0.25, 0.3) is 0 Å². The third-order valence-electron chi connectivity index (χ3n) is 2.37. The van der Waals surface area contributed by atoms with Gasteiger partial charge in [0.1, 0.15) is 6.54 Å². The average molecular weight is 300 g/mol. The van der Waals surface area contributed by atoms with Crippen molar-refractivity contribution in [2.45, 2.75) is 26.7 Å². The van der Waals surface area contributed by atoms with E-state index in [0.717, 1.165) is 28.6 Å². The predicted octanol–water partition coefficient (Wildman–Crippen LogP) is 3.51. The van der Waals surface area contributed by atoms with E-state index in [0.29, 0.717) is 6.61 Å². The molecule has 0 aliphatic carbocycles. The summed E-state index contributed by atoms with van der Waals surface area (Å²) in [7, 11) is 0. The van der Waals surface area contributed by atoms with Crippen LogP contribution in [0.1, 0.15) is 25.3 Å². The van der Waals surface area contributed by atoms with Crippen molar-refractivity contribution in [1.29, 1.82) is 0 Å². The van der Waals surface area contributed by atoms with Gasteiger partial charge in [-0.05, 0) is 37.1 Å². The molecule has 1 aromatic carbocycles. The van der Waals surface area contributed by atoms with Crippen LogP contribution >= 0.6 is 15.9 Å². The van der Waals surface area contributed by atoms with Gasteiger partial charge in [-0.15, -0.1) is 0 Å². The zero-order chi connectivity index (χ0) is 12.7. The fraction of sp³-hybridized carbons (Fsp3) is 0.462. The second-order valence-corrected chi connectivity index (χ2v) is 4.80. The number of carbonyl (C=O) groups excluding carboxylic acids is 1. The summed E-state index contributed by atoms with van der Waals surface area (Å²) in [5, 5.41) is 3.07. The van der Waals surface area contributed by atoms with Crippen LogP contribution in [0.25, 0.3) is 0 Å². The van der Waals surface area contributed by atoms with E-state index < -0.39 is 0 Å². The number of ether oxygens (including phenoxy) is 1. The zero-order valence-electron chi connectivity index (χ0n) is 10.3. The summed E-state index contributed by atoms with van der Waals surface area (Å²) in [6.45, 7) is 4.79. The lowest BCUT2D eigenvalue weighted by molar-refractivity contribution is -0.141. The topological polar surface area (TPSA) is 38.3 Å². The van der Waals surface area contributed by atoms with Gasteiger partial charge in [-0.3, -0.25) is 4.79 Å². The van der Waals surface area contributed by atoms with Crippen molar-refractivity contribution in [2.75, 3.05) is 18.5 Å². The minimum absolute atomic E-state index is 0.208. The normalized spacial score (nSPS) is 10.1. The van der Waals surface area contributed by atoms with Gasteiger partial charge < -0.3 is 10.1 Å². The van der Waals surface area contributed by atoms with E-state index in [1.165, 1.54) is 0 Å². The van der Waals surface area contributed by atoms with Crippen molar-refractivity contribution < 1.29 is 9.53 Å². The Morgan fingerprint density at radius 1 is 1.47 bits per heavy atom. The van der Waals surface area contributed by atoms with Gasteiger partial charge in [-0.25, -0.2) is 0 Å². The number of aryl methyl sites for hydroxylation is 1. The molecule has 1 aromatic rings. The van der Waals surface area contributed by atoms with Gasteiger partial charge >= 0.3 is 5.97 Å². The van der Waals surface area contributed by atoms with E-state index in [2.05, 4.69) is 28.2 Å². The maximum atomic E-state index is 11.4. The van der Waals surface area contributed by atoms with Crippen molar-refractivity contribution in [3.63, 3.8) is 0 Å². The molecule has 0 atom stereocenters. The summed E-state index contributed by atoms with van der Waals surface area (Å²) < 4.78 is 6.09. The molecule has 0 aliphatic heterocycles. The van der Waals surface area contributed by atoms with Crippen molar-refractivity contribution in [1.82, 2.24) is 0 Å². The molecule has 1 N–H and O–H groups in total. The van der Waals surface area contributed by atoms with E-state index >= 15 is 0 Å². The molecular weight excluding hydrogens is 282 g/mol. The first kappa shape index (κ1) is 14.0. The number of halogens is 1. The van der Waals surface area contributed by atoms with Crippen LogP contribution in [-0.2, 0) is 9.53 Å². The molecule has 4 heteroatoms. The first-order valence-electron chi connectivity index (χ1n) is 5.79. The molecule has 0 saturated heterocycles. The Hall–Kier alpha value is -1.03. The van der Waals surface area contributed by atoms with E-state index in [-0.39, 0.29) is 12.5 Å². The second kappa shape index (κ2) is 7.33. The summed E-state index contributed by atoms with van der Waals surface area (Å²) >= 11 is 3.40. The molecule has 0 unspecified atom stereocenters. The lowest BCUT2D eigenvalue weighted by Gasteiger charge is -2.09. The van der Waals surface area contributed by atoms with E-state index in [1.54, 1.807) is 0 Å². The summed E-state index contributed by atoms with van der Waals surface area (Å²) in [4.78, 5) is 11.4. The van der Waals surface area contributed by atoms with Crippen LogP contribution in [0.2, 0.25) is 0 Å². The molecule has 0 spiro atoms. The van der Waals surface area contributed by atoms with Crippen LogP contribution in [-0.4, -0.2) is 19.1 Å². The van der Waals surface area contributed by atoms with Crippen molar-refractivity contribution in [3.8, 4) is 0 Å². The Kier molecular flexibility index (Phi) is 6.05. The predicted molar refractivity (Wildman–Crippen MR) is 73.2 cm³/mol. The molecule has 0 amide bonds. The molecule has 3 nitrogen and oxygen atoms in total. The van der Waals surface area contributed by atoms with Crippen molar-refractivity contribution in [2.24, 2.45) is 0 Å². The average Bonchev–Trinajstić information content (AvgIpc) is 2.28. The Morgan fingerprint density at radius 3 is 2.88 bits per heavy atom. The standard InChI is InChI=1S/C13H18BrNO2/c1-3-4-7-17-13(16)9-15-12-6-5-11(14)8-10(12)2/h5-6,8,15H,3-4,7,9H2,1-2H3. The van der Waals surface area contributed by atoms with Gasteiger partial charge in [0.05, 0.1) is 6.61 Å². The third kappa shape index (κ3) is 5.22. The van der Waals surface area contributed by atoms with Crippen molar-refractivity contribution >= 4 is 27.6 Å². The first-order valence-corrected chi connectivity index (χ1v) is 6.58. The fourth-order valence-corrected chi connectivity index (χ4v) is 1.85. The van der Waals surface area contributed by atoms with Crippen LogP contribution in [0.5, 0.6) is 0 Å². The maximum absolute atomic E-state index is 11.4. The quantitative estimate of drug-likeness (QED) is 0.645. The minimum atomic E-state index is -0.208. The molecule has 0 heterocycles. The number of hydrogen-bond acceptors (Lipinski definition) is 3. The summed E-state index contributed by atoms with van der Waals surface area (Å²) in [6, 6.07) is 5.89. The fourth-order valence-electron chi connectivity index (χ4n) is 1.37. The van der Waals surface area contributed by atoms with Crippen LogP contribution in [0.15, 0.2) is 22.7 Å². The number of unbranched alkanes of at least 4 members (excludes halogenated alkanes) is 1. The highest BCUT2D eigenvalue weighted by atomic mass is 79.9. The molecule has 0 fully saturated rings. The lowest BCUT2D eigenvalue weighted by Crippen LogP contribution is -2.17. The van der Waals surface area contributed by atoms with Crippen LogP contribution < -0.4 is 5.32 Å². The molecule has 0 bridgehead atoms. The summed E-state index contributed by atoms with van der Waals surface area (Å²) in [5.74, 6) is -0.208. The Balaban J connectivity index is 2.37. The lowest BCUT2D eigenvalue weighted by atomic mass is 10.2. The SMILES string of the molecule is CCCCOC(=O)CNc1ccc(Br)cc1C. The Bertz CT molecular complexity index is 380. The summed E-state index contributed by atoms with van der Waals surface area (Å²) in [6.07, 6.45) is 1.95. The van der Waals surface area contributed by atoms with Gasteiger partial charge in [0.2, 0.25) is 0 Å². The highest BCUT2D eigenvalue weighted by Crippen LogP contribution is 2.19. The van der Waals surface area contributed by atoms with Crippen molar-refractivity contribution in [3.05, 3.63) is 28.2 Å².